The molecule has 0 saturated carbocycles. The summed E-state index contributed by atoms with van der Waals surface area (Å²) < 4.78 is 27.4. The Bertz CT molecular complexity index is 862. The maximum atomic E-state index is 13.7. The highest BCUT2D eigenvalue weighted by atomic mass is 19.1. The number of hydrogen-bond acceptors (Lipinski definition) is 4. The second-order valence-electron chi connectivity index (χ2n) is 5.95. The summed E-state index contributed by atoms with van der Waals surface area (Å²) in [7, 11) is 0. The minimum Gasteiger partial charge on any atom is -0.342 e. The van der Waals surface area contributed by atoms with Gasteiger partial charge < -0.3 is 15.1 Å². The molecule has 9 heteroatoms. The van der Waals surface area contributed by atoms with Crippen molar-refractivity contribution in [2.45, 2.75) is 0 Å². The molecule has 140 valence electrons. The van der Waals surface area contributed by atoms with Gasteiger partial charge in [0, 0.05) is 38.6 Å². The fraction of sp³-hybridized carbons (Fsp3) is 0.222. The third kappa shape index (κ3) is 4.08. The van der Waals surface area contributed by atoms with Crippen LogP contribution in [0.1, 0.15) is 20.7 Å². The van der Waals surface area contributed by atoms with Gasteiger partial charge in [-0.15, -0.1) is 0 Å². The molecule has 2 aromatic rings. The number of rotatable bonds is 4. The lowest BCUT2D eigenvalue weighted by Gasteiger charge is -2.32. The lowest BCUT2D eigenvalue weighted by molar-refractivity contribution is -0.119. The van der Waals surface area contributed by atoms with Gasteiger partial charge in [-0.3, -0.25) is 19.4 Å². The van der Waals surface area contributed by atoms with Gasteiger partial charge in [0.2, 0.25) is 6.41 Å². The summed E-state index contributed by atoms with van der Waals surface area (Å²) >= 11 is 0. The molecule has 3 amide bonds. The van der Waals surface area contributed by atoms with Crippen molar-refractivity contribution in [1.82, 2.24) is 14.8 Å². The van der Waals surface area contributed by atoms with E-state index in [1.54, 1.807) is 9.80 Å². The molecule has 1 aromatic carbocycles. The Morgan fingerprint density at radius 2 is 1.67 bits per heavy atom. The average Bonchev–Trinajstić information content (AvgIpc) is 2.70. The first-order chi connectivity index (χ1) is 13.0. The number of nitrogens with one attached hydrogen (secondary N) is 1. The fourth-order valence-corrected chi connectivity index (χ4v) is 2.70. The molecular weight excluding hydrogens is 358 g/mol. The minimum atomic E-state index is -0.906. The van der Waals surface area contributed by atoms with Crippen molar-refractivity contribution in [3.8, 4) is 0 Å². The van der Waals surface area contributed by atoms with E-state index in [0.29, 0.717) is 26.2 Å². The highest BCUT2D eigenvalue weighted by Crippen LogP contribution is 2.19. The topological polar surface area (TPSA) is 82.6 Å². The molecule has 0 unspecified atom stereocenters. The summed E-state index contributed by atoms with van der Waals surface area (Å²) in [6.07, 6.45) is 3.25. The van der Waals surface area contributed by atoms with Crippen LogP contribution in [0.2, 0.25) is 0 Å². The van der Waals surface area contributed by atoms with Crippen LogP contribution < -0.4 is 5.32 Å². The molecule has 0 bridgehead atoms. The van der Waals surface area contributed by atoms with Gasteiger partial charge >= 0.3 is 0 Å². The Labute approximate surface area is 153 Å². The Morgan fingerprint density at radius 1 is 1.04 bits per heavy atom. The van der Waals surface area contributed by atoms with Crippen molar-refractivity contribution in [3.05, 3.63) is 59.4 Å². The molecule has 7 nitrogen and oxygen atoms in total. The summed E-state index contributed by atoms with van der Waals surface area (Å²) in [5.41, 5.74) is -0.393. The summed E-state index contributed by atoms with van der Waals surface area (Å²) in [6.45, 7) is 1.59. The van der Waals surface area contributed by atoms with Gasteiger partial charge in [-0.25, -0.2) is 8.78 Å². The number of hydrogen-bond donors (Lipinski definition) is 1. The van der Waals surface area contributed by atoms with E-state index in [1.807, 2.05) is 0 Å². The second kappa shape index (κ2) is 7.90. The first kappa shape index (κ1) is 18.4. The Morgan fingerprint density at radius 3 is 2.30 bits per heavy atom. The molecule has 0 radical (unpaired) electrons. The number of benzene rings is 1. The van der Waals surface area contributed by atoms with E-state index < -0.39 is 23.2 Å². The largest absolute Gasteiger partial charge is 0.342 e. The number of anilines is 1. The van der Waals surface area contributed by atoms with E-state index in [0.717, 1.165) is 18.5 Å². The zero-order valence-electron chi connectivity index (χ0n) is 14.2. The van der Waals surface area contributed by atoms with Gasteiger partial charge in [-0.2, -0.15) is 0 Å². The Balaban J connectivity index is 1.74. The smallest absolute Gasteiger partial charge is 0.257 e. The Kier molecular flexibility index (Phi) is 5.39. The number of amides is 3. The van der Waals surface area contributed by atoms with Gasteiger partial charge in [-0.05, 0) is 18.2 Å². The predicted molar refractivity (Wildman–Crippen MR) is 92.1 cm³/mol. The number of para-hydroxylation sites is 1. The van der Waals surface area contributed by atoms with E-state index >= 15 is 0 Å². The van der Waals surface area contributed by atoms with E-state index in [1.165, 1.54) is 24.5 Å². The van der Waals surface area contributed by atoms with Crippen molar-refractivity contribution in [2.75, 3.05) is 31.5 Å². The van der Waals surface area contributed by atoms with Crippen LogP contribution in [0.25, 0.3) is 0 Å². The van der Waals surface area contributed by atoms with Crippen LogP contribution in [-0.4, -0.2) is 59.2 Å². The quantitative estimate of drug-likeness (QED) is 0.823. The van der Waals surface area contributed by atoms with Crippen molar-refractivity contribution in [2.24, 2.45) is 0 Å². The SMILES string of the molecule is O=CN1CCN(C(=O)c2cncc(C(=O)Nc3c(F)cccc3F)c2)CC1. The van der Waals surface area contributed by atoms with Crippen LogP contribution >= 0.6 is 0 Å². The molecule has 1 aliphatic heterocycles. The molecule has 0 atom stereocenters. The monoisotopic (exact) mass is 374 g/mol. The molecule has 1 saturated heterocycles. The maximum Gasteiger partial charge on any atom is 0.257 e. The van der Waals surface area contributed by atoms with Gasteiger partial charge in [0.15, 0.2) is 0 Å². The van der Waals surface area contributed by atoms with Gasteiger partial charge in [-0.1, -0.05) is 6.07 Å². The molecule has 0 aliphatic carbocycles. The molecule has 1 N–H and O–H groups in total. The number of aromatic nitrogens is 1. The molecule has 1 fully saturated rings. The van der Waals surface area contributed by atoms with E-state index in [9.17, 15) is 23.2 Å². The van der Waals surface area contributed by atoms with Crippen LogP contribution in [-0.2, 0) is 4.79 Å². The van der Waals surface area contributed by atoms with Crippen LogP contribution in [0.5, 0.6) is 0 Å². The number of nitrogens with zero attached hydrogens (tertiary/aromatic N) is 3. The zero-order valence-corrected chi connectivity index (χ0v) is 14.2. The van der Waals surface area contributed by atoms with Crippen molar-refractivity contribution >= 4 is 23.9 Å². The van der Waals surface area contributed by atoms with Gasteiger partial charge in [0.05, 0.1) is 11.1 Å². The average molecular weight is 374 g/mol. The second-order valence-corrected chi connectivity index (χ2v) is 5.95. The molecule has 27 heavy (non-hydrogen) atoms. The third-order valence-electron chi connectivity index (χ3n) is 4.20. The number of carbonyl (C=O) groups excluding carboxylic acids is 3. The standard InChI is InChI=1S/C18H16F2N4O3/c19-14-2-1-3-15(20)16(14)22-17(26)12-8-13(10-21-9-12)18(27)24-6-4-23(11-25)5-7-24/h1-3,8-11H,4-7H2,(H,22,26). The molecule has 2 heterocycles. The number of piperazine rings is 1. The lowest BCUT2D eigenvalue weighted by Crippen LogP contribution is -2.48. The number of carbonyl (C=O) groups is 3. The summed E-state index contributed by atoms with van der Waals surface area (Å²) in [5, 5.41) is 2.15. The highest BCUT2D eigenvalue weighted by molar-refractivity contribution is 6.06. The molecular formula is C18H16F2N4O3. The highest BCUT2D eigenvalue weighted by Gasteiger charge is 2.22. The summed E-state index contributed by atoms with van der Waals surface area (Å²) in [4.78, 5) is 42.6. The third-order valence-corrected chi connectivity index (χ3v) is 4.20. The van der Waals surface area contributed by atoms with E-state index in [2.05, 4.69) is 10.3 Å². The zero-order chi connectivity index (χ0) is 19.4. The molecule has 0 spiro atoms. The fourth-order valence-electron chi connectivity index (χ4n) is 2.70. The number of halogens is 2. The van der Waals surface area contributed by atoms with Crippen LogP contribution in [0.3, 0.4) is 0 Å². The van der Waals surface area contributed by atoms with Crippen LogP contribution in [0, 0.1) is 11.6 Å². The number of pyridine rings is 1. The first-order valence-corrected chi connectivity index (χ1v) is 8.18. The molecule has 1 aliphatic rings. The van der Waals surface area contributed by atoms with Crippen LogP contribution in [0.15, 0.2) is 36.7 Å². The van der Waals surface area contributed by atoms with Crippen molar-refractivity contribution in [3.63, 3.8) is 0 Å². The minimum absolute atomic E-state index is 0.00460. The van der Waals surface area contributed by atoms with Gasteiger partial charge in [0.1, 0.15) is 17.3 Å². The van der Waals surface area contributed by atoms with E-state index in [-0.39, 0.29) is 17.0 Å². The predicted octanol–water partition coefficient (Wildman–Crippen LogP) is 1.53. The lowest BCUT2D eigenvalue weighted by atomic mass is 10.1. The van der Waals surface area contributed by atoms with Crippen molar-refractivity contribution in [1.29, 1.82) is 0 Å². The van der Waals surface area contributed by atoms with E-state index in [4.69, 9.17) is 0 Å². The maximum absolute atomic E-state index is 13.7. The summed E-state index contributed by atoms with van der Waals surface area (Å²) in [5.74, 6) is -2.93. The van der Waals surface area contributed by atoms with Crippen LogP contribution in [0.4, 0.5) is 14.5 Å². The molecule has 1 aromatic heterocycles. The van der Waals surface area contributed by atoms with Gasteiger partial charge in [0.25, 0.3) is 11.8 Å². The summed E-state index contributed by atoms with van der Waals surface area (Å²) in [6, 6.07) is 4.55. The first-order valence-electron chi connectivity index (χ1n) is 8.18. The Hall–Kier alpha value is -3.36. The van der Waals surface area contributed by atoms with Crippen molar-refractivity contribution < 1.29 is 23.2 Å². The molecule has 3 rings (SSSR count). The normalized spacial score (nSPS) is 14.0.